The van der Waals surface area contributed by atoms with Crippen molar-refractivity contribution < 1.29 is 29.6 Å². The summed E-state index contributed by atoms with van der Waals surface area (Å²) in [5, 5.41) is 39.7. The van der Waals surface area contributed by atoms with Crippen molar-refractivity contribution in [3.05, 3.63) is 11.8 Å². The first-order valence-electron chi connectivity index (χ1n) is 11.6. The van der Waals surface area contributed by atoms with E-state index in [1.807, 2.05) is 6.08 Å². The highest BCUT2D eigenvalue weighted by molar-refractivity contribution is 5.85. The quantitative estimate of drug-likeness (QED) is 0.173. The summed E-state index contributed by atoms with van der Waals surface area (Å²) in [6, 6.07) is -0.813. The van der Waals surface area contributed by atoms with E-state index in [-0.39, 0.29) is 12.6 Å². The molecule has 2 heterocycles. The van der Waals surface area contributed by atoms with Gasteiger partial charge >= 0.3 is 0 Å². The molecule has 1 amide bonds. The van der Waals surface area contributed by atoms with Crippen molar-refractivity contribution in [1.29, 1.82) is 0 Å². The summed E-state index contributed by atoms with van der Waals surface area (Å²) in [6.45, 7) is 2.14. The van der Waals surface area contributed by atoms with Crippen molar-refractivity contribution in [3.8, 4) is 0 Å². The number of amides is 1. The predicted octanol–water partition coefficient (Wildman–Crippen LogP) is -2.62. The summed E-state index contributed by atoms with van der Waals surface area (Å²) < 4.78 is 11.9. The maximum atomic E-state index is 12.4. The molecule has 11 nitrogen and oxygen atoms in total. The SMILES string of the molecule is NCCC(O)CNCC1=CCC[C@@H](O[C@H]2[C@H](O)C[C@H](NC(=O)C3(O)CCNC3)C[C@@H]2N)O1. The molecule has 1 aliphatic carbocycles. The van der Waals surface area contributed by atoms with E-state index in [0.29, 0.717) is 58.3 Å². The number of nitrogens with one attached hydrogen (secondary N) is 3. The van der Waals surface area contributed by atoms with E-state index >= 15 is 0 Å². The van der Waals surface area contributed by atoms with Crippen LogP contribution in [-0.2, 0) is 14.3 Å². The number of rotatable bonds is 10. The van der Waals surface area contributed by atoms with Gasteiger partial charge in [-0.05, 0) is 51.3 Å². The van der Waals surface area contributed by atoms with Crippen molar-refractivity contribution in [2.75, 3.05) is 32.7 Å². The van der Waals surface area contributed by atoms with Gasteiger partial charge in [-0.25, -0.2) is 0 Å². The van der Waals surface area contributed by atoms with Crippen LogP contribution in [-0.4, -0.2) is 96.2 Å². The average molecular weight is 458 g/mol. The normalized spacial score (nSPS) is 36.3. The lowest BCUT2D eigenvalue weighted by molar-refractivity contribution is -0.196. The van der Waals surface area contributed by atoms with Gasteiger partial charge in [0.2, 0.25) is 0 Å². The van der Waals surface area contributed by atoms with Gasteiger partial charge in [-0.3, -0.25) is 4.79 Å². The van der Waals surface area contributed by atoms with Gasteiger partial charge < -0.3 is 52.2 Å². The molecule has 1 saturated carbocycles. The number of ether oxygens (including phenoxy) is 2. The molecular formula is C21H39N5O6. The molecule has 7 atom stereocenters. The molecular weight excluding hydrogens is 418 g/mol. The van der Waals surface area contributed by atoms with Gasteiger partial charge in [0.25, 0.3) is 5.91 Å². The van der Waals surface area contributed by atoms with E-state index in [9.17, 15) is 20.1 Å². The number of aliphatic hydroxyl groups excluding tert-OH is 2. The van der Waals surface area contributed by atoms with Crippen LogP contribution in [0, 0.1) is 0 Å². The molecule has 2 aliphatic heterocycles. The molecule has 0 aromatic rings. The Morgan fingerprint density at radius 3 is 2.94 bits per heavy atom. The van der Waals surface area contributed by atoms with Crippen LogP contribution in [0.4, 0.5) is 0 Å². The minimum Gasteiger partial charge on any atom is -0.468 e. The predicted molar refractivity (Wildman–Crippen MR) is 117 cm³/mol. The van der Waals surface area contributed by atoms with Gasteiger partial charge in [0.05, 0.1) is 18.8 Å². The monoisotopic (exact) mass is 457 g/mol. The fraction of sp³-hybridized carbons (Fsp3) is 0.857. The van der Waals surface area contributed by atoms with Crippen molar-refractivity contribution in [1.82, 2.24) is 16.0 Å². The summed E-state index contributed by atoms with van der Waals surface area (Å²) in [7, 11) is 0. The van der Waals surface area contributed by atoms with Crippen LogP contribution >= 0.6 is 0 Å². The zero-order valence-corrected chi connectivity index (χ0v) is 18.5. The first-order valence-corrected chi connectivity index (χ1v) is 11.6. The Kier molecular flexibility index (Phi) is 9.26. The van der Waals surface area contributed by atoms with Crippen LogP contribution in [0.3, 0.4) is 0 Å². The van der Waals surface area contributed by atoms with Crippen molar-refractivity contribution in [2.24, 2.45) is 11.5 Å². The van der Waals surface area contributed by atoms with E-state index in [1.165, 1.54) is 0 Å². The Morgan fingerprint density at radius 1 is 1.44 bits per heavy atom. The molecule has 2 unspecified atom stereocenters. The number of aliphatic hydroxyl groups is 3. The van der Waals surface area contributed by atoms with E-state index < -0.39 is 42.2 Å². The lowest BCUT2D eigenvalue weighted by atomic mass is 9.86. The number of carbonyl (C=O) groups excluding carboxylic acids is 1. The number of allylic oxidation sites excluding steroid dienone is 1. The zero-order chi connectivity index (χ0) is 23.1. The second-order valence-corrected chi connectivity index (χ2v) is 9.09. The number of nitrogens with two attached hydrogens (primary N) is 2. The Labute approximate surface area is 188 Å². The standard InChI is InChI=1S/C21H39N5O6/c22-6-4-14(27)10-25-11-15-2-1-3-18(31-15)32-19-16(23)8-13(9-17(19)28)26-20(29)21(30)5-7-24-12-21/h2,13-14,16-19,24-25,27-28,30H,1,3-12,22-23H2,(H,26,29)/t13-,14?,16+,17-,18-,19-,21?/m1/s1. The summed E-state index contributed by atoms with van der Waals surface area (Å²) in [4.78, 5) is 12.4. The van der Waals surface area contributed by atoms with Gasteiger partial charge in [-0.1, -0.05) is 0 Å². The maximum absolute atomic E-state index is 12.4. The molecule has 0 radical (unpaired) electrons. The molecule has 3 aliphatic rings. The largest absolute Gasteiger partial charge is 0.468 e. The number of carbonyl (C=O) groups is 1. The summed E-state index contributed by atoms with van der Waals surface area (Å²) >= 11 is 0. The summed E-state index contributed by atoms with van der Waals surface area (Å²) in [6.07, 6.45) is 2.55. The topological polar surface area (TPSA) is 184 Å². The van der Waals surface area contributed by atoms with Gasteiger partial charge in [0, 0.05) is 31.6 Å². The Bertz CT molecular complexity index is 632. The van der Waals surface area contributed by atoms with Gasteiger partial charge in [0.1, 0.15) is 11.9 Å². The van der Waals surface area contributed by atoms with E-state index in [2.05, 4.69) is 16.0 Å². The fourth-order valence-electron chi connectivity index (χ4n) is 4.47. The maximum Gasteiger partial charge on any atom is 0.253 e. The molecule has 32 heavy (non-hydrogen) atoms. The minimum atomic E-state index is -1.41. The lowest BCUT2D eigenvalue weighted by Gasteiger charge is -2.40. The van der Waals surface area contributed by atoms with Crippen LogP contribution in [0.5, 0.6) is 0 Å². The molecule has 3 rings (SSSR count). The van der Waals surface area contributed by atoms with Crippen LogP contribution < -0.4 is 27.4 Å². The van der Waals surface area contributed by atoms with Crippen LogP contribution in [0.2, 0.25) is 0 Å². The molecule has 0 aromatic heterocycles. The highest BCUT2D eigenvalue weighted by atomic mass is 16.7. The van der Waals surface area contributed by atoms with Crippen molar-refractivity contribution in [3.63, 3.8) is 0 Å². The van der Waals surface area contributed by atoms with Gasteiger partial charge in [-0.15, -0.1) is 0 Å². The Balaban J connectivity index is 1.43. The first kappa shape index (κ1) is 25.3. The highest BCUT2D eigenvalue weighted by Crippen LogP contribution is 2.27. The summed E-state index contributed by atoms with van der Waals surface area (Å²) in [5.41, 5.74) is 10.3. The first-order chi connectivity index (χ1) is 15.3. The van der Waals surface area contributed by atoms with Crippen molar-refractivity contribution in [2.45, 2.75) is 80.8 Å². The molecule has 0 spiro atoms. The van der Waals surface area contributed by atoms with Gasteiger partial charge in [0.15, 0.2) is 11.9 Å². The third-order valence-electron chi connectivity index (χ3n) is 6.32. The van der Waals surface area contributed by atoms with Gasteiger partial charge in [-0.2, -0.15) is 0 Å². The highest BCUT2D eigenvalue weighted by Gasteiger charge is 2.43. The molecule has 1 saturated heterocycles. The van der Waals surface area contributed by atoms with E-state index in [0.717, 1.165) is 12.2 Å². The minimum absolute atomic E-state index is 0.224. The Hall–Kier alpha value is -1.31. The lowest BCUT2D eigenvalue weighted by Crippen LogP contribution is -2.59. The van der Waals surface area contributed by atoms with E-state index in [1.54, 1.807) is 0 Å². The second kappa shape index (κ2) is 11.7. The molecule has 2 fully saturated rings. The zero-order valence-electron chi connectivity index (χ0n) is 18.5. The number of β-amino-alcohol motifs (C(OH)–C–C–N with tert-alkyl or cyclic N) is 1. The van der Waals surface area contributed by atoms with E-state index in [4.69, 9.17) is 20.9 Å². The molecule has 0 aromatic carbocycles. The fourth-order valence-corrected chi connectivity index (χ4v) is 4.47. The van der Waals surface area contributed by atoms with Crippen molar-refractivity contribution >= 4 is 5.91 Å². The average Bonchev–Trinajstić information content (AvgIpc) is 3.19. The molecule has 0 bridgehead atoms. The number of hydrogen-bond donors (Lipinski definition) is 8. The van der Waals surface area contributed by atoms with Crippen LogP contribution in [0.15, 0.2) is 11.8 Å². The second-order valence-electron chi connectivity index (χ2n) is 9.09. The summed E-state index contributed by atoms with van der Waals surface area (Å²) in [5.74, 6) is 0.296. The molecule has 11 heteroatoms. The third-order valence-corrected chi connectivity index (χ3v) is 6.32. The van der Waals surface area contributed by atoms with Crippen LogP contribution in [0.25, 0.3) is 0 Å². The number of hydrogen-bond acceptors (Lipinski definition) is 10. The third kappa shape index (κ3) is 6.84. The Morgan fingerprint density at radius 2 is 2.25 bits per heavy atom. The molecule has 184 valence electrons. The smallest absolute Gasteiger partial charge is 0.253 e. The molecule has 10 N–H and O–H groups in total. The van der Waals surface area contributed by atoms with Crippen LogP contribution in [0.1, 0.15) is 38.5 Å².